The summed E-state index contributed by atoms with van der Waals surface area (Å²) in [6.07, 6.45) is 6.03. The zero-order valence-electron chi connectivity index (χ0n) is 13.7. The zero-order valence-corrected chi connectivity index (χ0v) is 14.9. The van der Waals surface area contributed by atoms with Crippen LogP contribution in [0.5, 0.6) is 0 Å². The molecule has 0 spiro atoms. The van der Waals surface area contributed by atoms with E-state index in [9.17, 15) is 0 Å². The lowest BCUT2D eigenvalue weighted by Crippen LogP contribution is -2.43. The van der Waals surface area contributed by atoms with Crippen molar-refractivity contribution in [3.63, 3.8) is 0 Å². The van der Waals surface area contributed by atoms with Gasteiger partial charge in [-0.15, -0.1) is 0 Å². The highest BCUT2D eigenvalue weighted by Gasteiger charge is 2.26. The zero-order chi connectivity index (χ0) is 15.6. The first kappa shape index (κ1) is 15.0. The first-order chi connectivity index (χ1) is 10.6. The molecule has 1 aliphatic rings. The molecule has 0 bridgehead atoms. The molecular weight excluding hydrogens is 280 g/mol. The number of hydrogen-bond donors (Lipinski definition) is 0. The smallest absolute Gasteiger partial charge is 0.0771 e. The average molecular weight is 305 g/mol. The molecule has 0 N–H and O–H groups in total. The third-order valence-corrected chi connectivity index (χ3v) is 7.65. The molecule has 1 aliphatic carbocycles. The van der Waals surface area contributed by atoms with Crippen LogP contribution in [0.25, 0.3) is 0 Å². The highest BCUT2D eigenvalue weighted by molar-refractivity contribution is 6.91. The van der Waals surface area contributed by atoms with Crippen molar-refractivity contribution in [2.75, 3.05) is 0 Å². The van der Waals surface area contributed by atoms with Gasteiger partial charge < -0.3 is 0 Å². The van der Waals surface area contributed by atoms with Crippen LogP contribution in [0, 0.1) is 5.41 Å². The fourth-order valence-corrected chi connectivity index (χ4v) is 6.34. The first-order valence-corrected chi connectivity index (χ1v) is 9.80. The summed E-state index contributed by atoms with van der Waals surface area (Å²) in [5.41, 5.74) is 1.74. The molecule has 1 heteroatoms. The number of benzene rings is 2. The summed E-state index contributed by atoms with van der Waals surface area (Å²) in [5.74, 6) is 0. The van der Waals surface area contributed by atoms with Crippen molar-refractivity contribution < 1.29 is 0 Å². The van der Waals surface area contributed by atoms with E-state index in [0.717, 1.165) is 6.42 Å². The van der Waals surface area contributed by atoms with Crippen molar-refractivity contribution in [2.24, 2.45) is 5.41 Å². The molecule has 3 rings (SSSR count). The Morgan fingerprint density at radius 2 is 1.27 bits per heavy atom. The summed E-state index contributed by atoms with van der Waals surface area (Å²) < 4.78 is 0. The molecule has 0 heterocycles. The fraction of sp³-hybridized carbons (Fsp3) is 0.238. The third-order valence-electron chi connectivity index (χ3n) is 4.40. The topological polar surface area (TPSA) is 0 Å². The highest BCUT2D eigenvalue weighted by Crippen LogP contribution is 2.33. The van der Waals surface area contributed by atoms with E-state index in [1.807, 2.05) is 0 Å². The summed E-state index contributed by atoms with van der Waals surface area (Å²) >= 11 is 0. The van der Waals surface area contributed by atoms with Crippen molar-refractivity contribution >= 4 is 19.2 Å². The van der Waals surface area contributed by atoms with Gasteiger partial charge in [-0.25, -0.2) is 0 Å². The van der Waals surface area contributed by atoms with Gasteiger partial charge in [-0.05, 0) is 17.4 Å². The summed E-state index contributed by atoms with van der Waals surface area (Å²) in [6, 6.07) is 22.1. The summed E-state index contributed by atoms with van der Waals surface area (Å²) in [5, 5.41) is 4.68. The Kier molecular flexibility index (Phi) is 4.17. The van der Waals surface area contributed by atoms with Crippen molar-refractivity contribution in [1.82, 2.24) is 0 Å². The number of allylic oxidation sites excluding steroid dienone is 4. The fourth-order valence-electron chi connectivity index (χ4n) is 3.18. The maximum Gasteiger partial charge on any atom is 0.128 e. The molecule has 0 saturated heterocycles. The van der Waals surface area contributed by atoms with E-state index in [2.05, 4.69) is 93.6 Å². The second kappa shape index (κ2) is 6.10. The third kappa shape index (κ3) is 3.15. The Balaban J connectivity index is 2.02. The van der Waals surface area contributed by atoms with Crippen molar-refractivity contribution in [3.8, 4) is 0 Å². The van der Waals surface area contributed by atoms with Crippen molar-refractivity contribution in [3.05, 3.63) is 83.6 Å². The van der Waals surface area contributed by atoms with Crippen LogP contribution in [0.4, 0.5) is 0 Å². The molecule has 0 nitrogen and oxygen atoms in total. The Morgan fingerprint density at radius 3 is 1.68 bits per heavy atom. The van der Waals surface area contributed by atoms with E-state index in [4.69, 9.17) is 0 Å². The van der Waals surface area contributed by atoms with E-state index in [-0.39, 0.29) is 5.41 Å². The van der Waals surface area contributed by atoms with Crippen LogP contribution in [0.15, 0.2) is 83.6 Å². The molecule has 0 aliphatic heterocycles. The van der Waals surface area contributed by atoms with Crippen LogP contribution in [-0.2, 0) is 0 Å². The first-order valence-electron chi connectivity index (χ1n) is 8.07. The minimum absolute atomic E-state index is 0.244. The van der Waals surface area contributed by atoms with Crippen LogP contribution in [-0.4, -0.2) is 8.80 Å². The molecule has 0 radical (unpaired) electrons. The van der Waals surface area contributed by atoms with Gasteiger partial charge in [0.1, 0.15) is 8.80 Å². The molecule has 0 amide bonds. The minimum Gasteiger partial charge on any atom is -0.0771 e. The normalized spacial score (nSPS) is 14.9. The lowest BCUT2D eigenvalue weighted by Gasteiger charge is -2.20. The van der Waals surface area contributed by atoms with Crippen LogP contribution in [0.1, 0.15) is 27.2 Å². The molecule has 2 aromatic rings. The van der Waals surface area contributed by atoms with Crippen LogP contribution >= 0.6 is 0 Å². The van der Waals surface area contributed by atoms with Gasteiger partial charge in [-0.3, -0.25) is 0 Å². The number of hydrogen-bond acceptors (Lipinski definition) is 0. The molecule has 2 aromatic carbocycles. The van der Waals surface area contributed by atoms with E-state index in [0.29, 0.717) is 0 Å². The predicted molar refractivity (Wildman–Crippen MR) is 99.5 cm³/mol. The monoisotopic (exact) mass is 304 g/mol. The molecule has 0 fully saturated rings. The Labute approximate surface area is 135 Å². The van der Waals surface area contributed by atoms with Gasteiger partial charge in [-0.2, -0.15) is 0 Å². The van der Waals surface area contributed by atoms with Gasteiger partial charge in [0.05, 0.1) is 0 Å². The van der Waals surface area contributed by atoms with Crippen LogP contribution in [0.2, 0.25) is 0 Å². The van der Waals surface area contributed by atoms with Gasteiger partial charge in [0.15, 0.2) is 0 Å². The molecule has 22 heavy (non-hydrogen) atoms. The molecule has 112 valence electrons. The van der Waals surface area contributed by atoms with Crippen molar-refractivity contribution in [1.29, 1.82) is 0 Å². The average Bonchev–Trinajstić information content (AvgIpc) is 2.99. The number of rotatable bonds is 3. The Morgan fingerprint density at radius 1 is 0.773 bits per heavy atom. The second-order valence-electron chi connectivity index (χ2n) is 7.09. The molecule has 0 saturated carbocycles. The largest absolute Gasteiger partial charge is 0.128 e. The van der Waals surface area contributed by atoms with Crippen LogP contribution < -0.4 is 10.4 Å². The lowest BCUT2D eigenvalue weighted by atomic mass is 9.87. The molecule has 0 atom stereocenters. The van der Waals surface area contributed by atoms with E-state index >= 15 is 0 Å². The second-order valence-corrected chi connectivity index (χ2v) is 10.0. The van der Waals surface area contributed by atoms with Gasteiger partial charge in [-0.1, -0.05) is 109 Å². The summed E-state index contributed by atoms with van der Waals surface area (Å²) in [7, 11) is -1.30. The minimum atomic E-state index is -1.30. The van der Waals surface area contributed by atoms with E-state index < -0.39 is 8.80 Å². The summed E-state index contributed by atoms with van der Waals surface area (Å²) in [4.78, 5) is 0. The van der Waals surface area contributed by atoms with E-state index in [1.54, 1.807) is 5.20 Å². The lowest BCUT2D eigenvalue weighted by molar-refractivity contribution is 0.518. The predicted octanol–water partition coefficient (Wildman–Crippen LogP) is 3.87. The standard InChI is InChI=1S/C21H24Si/c1-21(2,3)17-14-15-20(16-17)22(18-10-6-4-7-11-18)19-12-8-5-9-13-19/h4-14,16,22H,15H2,1-3H3. The SMILES string of the molecule is CC(C)(C)C1=CCC([SiH](c2ccccc2)c2ccccc2)=C1. The highest BCUT2D eigenvalue weighted by atomic mass is 28.3. The van der Waals surface area contributed by atoms with Gasteiger partial charge in [0.25, 0.3) is 0 Å². The van der Waals surface area contributed by atoms with Crippen LogP contribution in [0.3, 0.4) is 0 Å². The molecular formula is C21H24Si. The molecule has 0 aromatic heterocycles. The van der Waals surface area contributed by atoms with Gasteiger partial charge in [0, 0.05) is 0 Å². The van der Waals surface area contributed by atoms with Gasteiger partial charge in [0.2, 0.25) is 0 Å². The van der Waals surface area contributed by atoms with Crippen molar-refractivity contribution in [2.45, 2.75) is 27.2 Å². The quantitative estimate of drug-likeness (QED) is 0.755. The van der Waals surface area contributed by atoms with Gasteiger partial charge >= 0.3 is 0 Å². The Bertz CT molecular complexity index is 648. The van der Waals surface area contributed by atoms with E-state index in [1.165, 1.54) is 15.9 Å². The molecule has 0 unspecified atom stereocenters. The maximum absolute atomic E-state index is 2.48. The maximum atomic E-state index is 2.48. The summed E-state index contributed by atoms with van der Waals surface area (Å²) in [6.45, 7) is 6.92. The Hall–Kier alpha value is -1.86.